The van der Waals surface area contributed by atoms with E-state index >= 15 is 0 Å². The van der Waals surface area contributed by atoms with Crippen LogP contribution in [0.2, 0.25) is 0 Å². The first-order valence-corrected chi connectivity index (χ1v) is 11.0. The molecule has 0 fully saturated rings. The standard InChI is InChI=1S/C18H28N4O3S/c1-4-19-18(21-14(2)10-12-26(3,24)25)20-13-17(23)22-11-9-15-7-5-6-8-16(15)22/h5-8,14H,4,9-13H2,1-3H3,(H2,19,20,21). The van der Waals surface area contributed by atoms with Crippen molar-refractivity contribution in [2.45, 2.75) is 32.7 Å². The number of guanidine groups is 1. The van der Waals surface area contributed by atoms with Crippen molar-refractivity contribution in [3.05, 3.63) is 29.8 Å². The van der Waals surface area contributed by atoms with Gasteiger partial charge in [0.25, 0.3) is 0 Å². The number of anilines is 1. The largest absolute Gasteiger partial charge is 0.357 e. The van der Waals surface area contributed by atoms with Gasteiger partial charge in [-0.2, -0.15) is 0 Å². The van der Waals surface area contributed by atoms with Crippen LogP contribution >= 0.6 is 0 Å². The van der Waals surface area contributed by atoms with Gasteiger partial charge in [-0.1, -0.05) is 18.2 Å². The number of fused-ring (bicyclic) bond motifs is 1. The first-order chi connectivity index (χ1) is 12.3. The van der Waals surface area contributed by atoms with Gasteiger partial charge in [0, 0.05) is 31.1 Å². The van der Waals surface area contributed by atoms with Crippen molar-refractivity contribution >= 4 is 27.4 Å². The Balaban J connectivity index is 1.95. The zero-order chi connectivity index (χ0) is 19.2. The summed E-state index contributed by atoms with van der Waals surface area (Å²) < 4.78 is 22.6. The average molecular weight is 381 g/mol. The summed E-state index contributed by atoms with van der Waals surface area (Å²) in [6.45, 7) is 5.23. The summed E-state index contributed by atoms with van der Waals surface area (Å²) in [6, 6.07) is 7.85. The number of aliphatic imine (C=N–C) groups is 1. The lowest BCUT2D eigenvalue weighted by Crippen LogP contribution is -2.43. The lowest BCUT2D eigenvalue weighted by atomic mass is 10.2. The summed E-state index contributed by atoms with van der Waals surface area (Å²) in [6.07, 6.45) is 2.58. The predicted molar refractivity (Wildman–Crippen MR) is 105 cm³/mol. The highest BCUT2D eigenvalue weighted by molar-refractivity contribution is 7.90. The maximum absolute atomic E-state index is 12.5. The molecule has 2 rings (SSSR count). The van der Waals surface area contributed by atoms with E-state index in [4.69, 9.17) is 0 Å². The molecule has 1 aromatic carbocycles. The number of nitrogens with zero attached hydrogens (tertiary/aromatic N) is 2. The minimum atomic E-state index is -2.99. The summed E-state index contributed by atoms with van der Waals surface area (Å²) in [5.74, 6) is 0.592. The number of hydrogen-bond acceptors (Lipinski definition) is 4. The molecule has 2 N–H and O–H groups in total. The minimum Gasteiger partial charge on any atom is -0.357 e. The zero-order valence-corrected chi connectivity index (χ0v) is 16.5. The number of hydrogen-bond donors (Lipinski definition) is 2. The number of sulfone groups is 1. The van der Waals surface area contributed by atoms with Crippen LogP contribution in [0.5, 0.6) is 0 Å². The Hall–Kier alpha value is -2.09. The molecular weight excluding hydrogens is 352 g/mol. The number of carbonyl (C=O) groups excluding carboxylic acids is 1. The van der Waals surface area contributed by atoms with Crippen molar-refractivity contribution in [1.29, 1.82) is 0 Å². The molecule has 26 heavy (non-hydrogen) atoms. The Labute approximate surface area is 155 Å². The second-order valence-electron chi connectivity index (χ2n) is 6.58. The monoisotopic (exact) mass is 380 g/mol. The molecule has 144 valence electrons. The van der Waals surface area contributed by atoms with Gasteiger partial charge in [0.2, 0.25) is 5.91 Å². The number of para-hydroxylation sites is 1. The van der Waals surface area contributed by atoms with E-state index in [0.29, 0.717) is 25.5 Å². The van der Waals surface area contributed by atoms with Crippen molar-refractivity contribution in [1.82, 2.24) is 10.6 Å². The van der Waals surface area contributed by atoms with E-state index < -0.39 is 9.84 Å². The highest BCUT2D eigenvalue weighted by Gasteiger charge is 2.23. The normalized spacial score (nSPS) is 15.5. The van der Waals surface area contributed by atoms with Crippen LogP contribution in [-0.4, -0.2) is 58.0 Å². The van der Waals surface area contributed by atoms with Gasteiger partial charge in [-0.15, -0.1) is 0 Å². The van der Waals surface area contributed by atoms with Gasteiger partial charge in [0.15, 0.2) is 5.96 Å². The van der Waals surface area contributed by atoms with E-state index in [1.807, 2.05) is 38.1 Å². The van der Waals surface area contributed by atoms with E-state index in [2.05, 4.69) is 15.6 Å². The number of amides is 1. The molecule has 0 bridgehead atoms. The first kappa shape index (κ1) is 20.2. The second kappa shape index (κ2) is 9.02. The van der Waals surface area contributed by atoms with Crippen molar-refractivity contribution in [3.63, 3.8) is 0 Å². The molecule has 8 heteroatoms. The summed E-state index contributed by atoms with van der Waals surface area (Å²) in [4.78, 5) is 18.7. The maximum Gasteiger partial charge on any atom is 0.248 e. The van der Waals surface area contributed by atoms with Gasteiger partial charge in [-0.05, 0) is 38.3 Å². The lowest BCUT2D eigenvalue weighted by molar-refractivity contribution is -0.117. The summed E-state index contributed by atoms with van der Waals surface area (Å²) in [7, 11) is -2.99. The topological polar surface area (TPSA) is 90.9 Å². The molecule has 1 atom stereocenters. The van der Waals surface area contributed by atoms with Gasteiger partial charge in [0.1, 0.15) is 16.4 Å². The molecule has 1 heterocycles. The highest BCUT2D eigenvalue weighted by Crippen LogP contribution is 2.27. The van der Waals surface area contributed by atoms with Crippen LogP contribution in [0.1, 0.15) is 25.8 Å². The number of nitrogens with one attached hydrogen (secondary N) is 2. The van der Waals surface area contributed by atoms with Crippen LogP contribution in [0.3, 0.4) is 0 Å². The van der Waals surface area contributed by atoms with Gasteiger partial charge in [-0.25, -0.2) is 13.4 Å². The van der Waals surface area contributed by atoms with Crippen LogP contribution in [0.15, 0.2) is 29.3 Å². The maximum atomic E-state index is 12.5. The van der Waals surface area contributed by atoms with Crippen LogP contribution < -0.4 is 15.5 Å². The molecule has 1 aromatic rings. The van der Waals surface area contributed by atoms with Crippen molar-refractivity contribution < 1.29 is 13.2 Å². The quantitative estimate of drug-likeness (QED) is 0.543. The summed E-state index contributed by atoms with van der Waals surface area (Å²) >= 11 is 0. The number of benzene rings is 1. The third-order valence-electron chi connectivity index (χ3n) is 4.21. The van der Waals surface area contributed by atoms with Gasteiger partial charge in [0.05, 0.1) is 5.75 Å². The fourth-order valence-corrected chi connectivity index (χ4v) is 3.63. The van der Waals surface area contributed by atoms with E-state index in [-0.39, 0.29) is 24.2 Å². The Kier molecular flexibility index (Phi) is 7.02. The molecule has 0 saturated heterocycles. The molecule has 1 amide bonds. The van der Waals surface area contributed by atoms with E-state index in [0.717, 1.165) is 12.1 Å². The van der Waals surface area contributed by atoms with Crippen LogP contribution in [0.25, 0.3) is 0 Å². The SMILES string of the molecule is CCNC(=NCC(=O)N1CCc2ccccc21)NC(C)CCS(C)(=O)=O. The number of rotatable bonds is 7. The first-order valence-electron chi connectivity index (χ1n) is 8.91. The summed E-state index contributed by atoms with van der Waals surface area (Å²) in [5.41, 5.74) is 2.15. The molecule has 1 aliphatic rings. The third kappa shape index (κ3) is 6.01. The van der Waals surface area contributed by atoms with Gasteiger partial charge < -0.3 is 15.5 Å². The molecule has 0 aliphatic carbocycles. The molecule has 7 nitrogen and oxygen atoms in total. The molecule has 0 saturated carbocycles. The highest BCUT2D eigenvalue weighted by atomic mass is 32.2. The van der Waals surface area contributed by atoms with Gasteiger partial charge in [-0.3, -0.25) is 4.79 Å². The van der Waals surface area contributed by atoms with Crippen molar-refractivity contribution in [3.8, 4) is 0 Å². The molecule has 1 unspecified atom stereocenters. The average Bonchev–Trinajstić information content (AvgIpc) is 3.01. The Morgan fingerprint density at radius 2 is 2.08 bits per heavy atom. The van der Waals surface area contributed by atoms with Crippen LogP contribution in [0, 0.1) is 0 Å². The third-order valence-corrected chi connectivity index (χ3v) is 5.19. The molecular formula is C18H28N4O3S. The lowest BCUT2D eigenvalue weighted by Gasteiger charge is -2.19. The Bertz CT molecular complexity index is 761. The van der Waals surface area contributed by atoms with E-state index in [1.54, 1.807) is 4.90 Å². The number of carbonyl (C=O) groups is 1. The van der Waals surface area contributed by atoms with E-state index in [9.17, 15) is 13.2 Å². The fraction of sp³-hybridized carbons (Fsp3) is 0.556. The van der Waals surface area contributed by atoms with Crippen LogP contribution in [-0.2, 0) is 21.1 Å². The van der Waals surface area contributed by atoms with E-state index in [1.165, 1.54) is 11.8 Å². The Morgan fingerprint density at radius 3 is 2.77 bits per heavy atom. The molecule has 0 spiro atoms. The Morgan fingerprint density at radius 1 is 1.35 bits per heavy atom. The molecule has 1 aliphatic heterocycles. The van der Waals surface area contributed by atoms with Gasteiger partial charge >= 0.3 is 0 Å². The van der Waals surface area contributed by atoms with Crippen molar-refractivity contribution in [2.24, 2.45) is 4.99 Å². The second-order valence-corrected chi connectivity index (χ2v) is 8.84. The molecule has 0 radical (unpaired) electrons. The van der Waals surface area contributed by atoms with Crippen molar-refractivity contribution in [2.75, 3.05) is 36.5 Å². The fourth-order valence-electron chi connectivity index (χ4n) is 2.85. The van der Waals surface area contributed by atoms with Crippen LogP contribution in [0.4, 0.5) is 5.69 Å². The minimum absolute atomic E-state index is 0.0441. The molecule has 0 aromatic heterocycles. The zero-order valence-electron chi connectivity index (χ0n) is 15.7. The predicted octanol–water partition coefficient (Wildman–Crippen LogP) is 0.954. The summed E-state index contributed by atoms with van der Waals surface area (Å²) in [5, 5.41) is 6.25. The smallest absolute Gasteiger partial charge is 0.248 e.